The molecule has 0 spiro atoms. The highest BCUT2D eigenvalue weighted by molar-refractivity contribution is 7.98. The number of nitrogens with two attached hydrogens (primary N) is 1. The van der Waals surface area contributed by atoms with Crippen molar-refractivity contribution in [2.45, 2.75) is 11.9 Å². The van der Waals surface area contributed by atoms with E-state index in [1.807, 2.05) is 13.2 Å². The molecule has 2 rings (SSSR count). The molecular weight excluding hydrogens is 310 g/mol. The zero-order valence-electron chi connectivity index (χ0n) is 13.3. The number of nitrogens with one attached hydrogen (secondary N) is 2. The quantitative estimate of drug-likeness (QED) is 0.324. The summed E-state index contributed by atoms with van der Waals surface area (Å²) in [5.41, 5.74) is 9.37. The second-order valence-corrected chi connectivity index (χ2v) is 5.63. The SMILES string of the molecule is C=C(C)c1c(Nc2cc(C=N)c(N)cc2OC)ncnc1SC. The fourth-order valence-corrected chi connectivity index (χ4v) is 2.76. The smallest absolute Gasteiger partial charge is 0.144 e. The van der Waals surface area contributed by atoms with Crippen molar-refractivity contribution in [1.82, 2.24) is 9.97 Å². The van der Waals surface area contributed by atoms with Crippen LogP contribution in [-0.2, 0) is 0 Å². The third-order valence-corrected chi connectivity index (χ3v) is 3.94. The maximum absolute atomic E-state index is 7.45. The van der Waals surface area contributed by atoms with Gasteiger partial charge in [-0.15, -0.1) is 11.8 Å². The Morgan fingerprint density at radius 3 is 2.74 bits per heavy atom. The van der Waals surface area contributed by atoms with Crippen LogP contribution in [0.15, 0.2) is 30.1 Å². The molecule has 4 N–H and O–H groups in total. The first-order valence-corrected chi connectivity index (χ1v) is 8.04. The molecule has 0 aliphatic rings. The molecule has 0 bridgehead atoms. The standard InChI is InChI=1S/C16H19N5OS/c1-9(2)14-15(19-8-20-16(14)23-4)21-12-5-10(7-17)11(18)6-13(12)22-3/h5-8,17H,1,18H2,2-4H3,(H,19,20,21). The van der Waals surface area contributed by atoms with E-state index < -0.39 is 0 Å². The Labute approximate surface area is 139 Å². The summed E-state index contributed by atoms with van der Waals surface area (Å²) in [6.07, 6.45) is 4.66. The van der Waals surface area contributed by atoms with Crippen LogP contribution in [0, 0.1) is 5.41 Å². The molecule has 1 aromatic heterocycles. The van der Waals surface area contributed by atoms with Gasteiger partial charge in [0.25, 0.3) is 0 Å². The van der Waals surface area contributed by atoms with E-state index in [9.17, 15) is 0 Å². The molecule has 0 atom stereocenters. The number of allylic oxidation sites excluding steroid dienone is 1. The summed E-state index contributed by atoms with van der Waals surface area (Å²) in [5, 5.41) is 11.5. The topological polar surface area (TPSA) is 96.9 Å². The predicted octanol–water partition coefficient (Wildman–Crippen LogP) is 3.56. The highest BCUT2D eigenvalue weighted by atomic mass is 32.2. The third kappa shape index (κ3) is 3.45. The van der Waals surface area contributed by atoms with E-state index in [1.54, 1.807) is 19.2 Å². The van der Waals surface area contributed by atoms with Crippen LogP contribution in [0.1, 0.15) is 18.1 Å². The Hall–Kier alpha value is -2.54. The van der Waals surface area contributed by atoms with Crippen LogP contribution in [0.5, 0.6) is 5.75 Å². The molecule has 6 nitrogen and oxygen atoms in total. The lowest BCUT2D eigenvalue weighted by Crippen LogP contribution is -2.04. The summed E-state index contributed by atoms with van der Waals surface area (Å²) in [6, 6.07) is 3.43. The van der Waals surface area contributed by atoms with Gasteiger partial charge in [0.05, 0.1) is 18.4 Å². The van der Waals surface area contributed by atoms with Crippen molar-refractivity contribution in [2.75, 3.05) is 24.4 Å². The molecule has 0 radical (unpaired) electrons. The number of nitrogens with zero attached hydrogens (tertiary/aromatic N) is 2. The van der Waals surface area contributed by atoms with Crippen LogP contribution < -0.4 is 15.8 Å². The van der Waals surface area contributed by atoms with E-state index >= 15 is 0 Å². The summed E-state index contributed by atoms with van der Waals surface area (Å²) in [4.78, 5) is 8.59. The first-order valence-electron chi connectivity index (χ1n) is 6.81. The minimum absolute atomic E-state index is 0.481. The van der Waals surface area contributed by atoms with Gasteiger partial charge in [0.2, 0.25) is 0 Å². The zero-order valence-corrected chi connectivity index (χ0v) is 14.1. The molecule has 1 aromatic carbocycles. The summed E-state index contributed by atoms with van der Waals surface area (Å²) in [5.74, 6) is 1.21. The van der Waals surface area contributed by atoms with Gasteiger partial charge >= 0.3 is 0 Å². The lowest BCUT2D eigenvalue weighted by molar-refractivity contribution is 0.417. The third-order valence-electron chi connectivity index (χ3n) is 3.25. The van der Waals surface area contributed by atoms with Crippen LogP contribution in [-0.4, -0.2) is 29.5 Å². The molecule has 1 heterocycles. The van der Waals surface area contributed by atoms with Crippen molar-refractivity contribution in [3.63, 3.8) is 0 Å². The highest BCUT2D eigenvalue weighted by Crippen LogP contribution is 2.35. The average molecular weight is 329 g/mol. The monoisotopic (exact) mass is 329 g/mol. The van der Waals surface area contributed by atoms with Crippen molar-refractivity contribution >= 4 is 40.7 Å². The van der Waals surface area contributed by atoms with Gasteiger partial charge < -0.3 is 21.2 Å². The highest BCUT2D eigenvalue weighted by Gasteiger charge is 2.15. The Morgan fingerprint density at radius 1 is 1.43 bits per heavy atom. The van der Waals surface area contributed by atoms with Crippen LogP contribution in [0.2, 0.25) is 0 Å². The molecule has 0 fully saturated rings. The second-order valence-electron chi connectivity index (χ2n) is 4.84. The van der Waals surface area contributed by atoms with Gasteiger partial charge in [-0.1, -0.05) is 6.58 Å². The van der Waals surface area contributed by atoms with Gasteiger partial charge in [0.1, 0.15) is 22.9 Å². The van der Waals surface area contributed by atoms with Gasteiger partial charge in [-0.05, 0) is 24.8 Å². The lowest BCUT2D eigenvalue weighted by Gasteiger charge is -2.16. The Morgan fingerprint density at radius 2 is 2.17 bits per heavy atom. The first kappa shape index (κ1) is 16.8. The van der Waals surface area contributed by atoms with E-state index in [4.69, 9.17) is 15.9 Å². The van der Waals surface area contributed by atoms with Crippen molar-refractivity contribution in [3.8, 4) is 5.75 Å². The number of anilines is 3. The van der Waals surface area contributed by atoms with E-state index in [2.05, 4.69) is 21.9 Å². The molecule has 0 unspecified atom stereocenters. The Kier molecular flexibility index (Phi) is 5.23. The fourth-order valence-electron chi connectivity index (χ4n) is 2.14. The number of thioether (sulfide) groups is 1. The number of hydrogen-bond acceptors (Lipinski definition) is 7. The molecule has 0 aliphatic carbocycles. The molecule has 120 valence electrons. The van der Waals surface area contributed by atoms with Gasteiger partial charge in [-0.25, -0.2) is 9.97 Å². The summed E-state index contributed by atoms with van der Waals surface area (Å²) >= 11 is 1.53. The maximum Gasteiger partial charge on any atom is 0.144 e. The molecule has 23 heavy (non-hydrogen) atoms. The summed E-state index contributed by atoms with van der Waals surface area (Å²) in [6.45, 7) is 5.92. The van der Waals surface area contributed by atoms with E-state index in [0.29, 0.717) is 28.5 Å². The maximum atomic E-state index is 7.45. The molecule has 7 heteroatoms. The first-order chi connectivity index (χ1) is 11.0. The van der Waals surface area contributed by atoms with Crippen molar-refractivity contribution in [2.24, 2.45) is 0 Å². The van der Waals surface area contributed by atoms with Crippen LogP contribution >= 0.6 is 11.8 Å². The molecule has 0 amide bonds. The number of hydrogen-bond donors (Lipinski definition) is 3. The molecular formula is C16H19N5OS. The van der Waals surface area contributed by atoms with Crippen LogP contribution in [0.25, 0.3) is 5.57 Å². The van der Waals surface area contributed by atoms with Crippen molar-refractivity contribution < 1.29 is 4.74 Å². The van der Waals surface area contributed by atoms with Crippen LogP contribution in [0.4, 0.5) is 17.2 Å². The molecule has 0 aliphatic heterocycles. The molecule has 2 aromatic rings. The zero-order chi connectivity index (χ0) is 17.0. The van der Waals surface area contributed by atoms with Gasteiger partial charge in [-0.2, -0.15) is 0 Å². The minimum Gasteiger partial charge on any atom is -0.494 e. The average Bonchev–Trinajstić information content (AvgIpc) is 2.55. The largest absolute Gasteiger partial charge is 0.494 e. The van der Waals surface area contributed by atoms with Crippen molar-refractivity contribution in [3.05, 3.63) is 36.2 Å². The van der Waals surface area contributed by atoms with Crippen LogP contribution in [0.3, 0.4) is 0 Å². The fraction of sp³-hybridized carbons (Fsp3) is 0.188. The Balaban J connectivity index is 2.55. The normalized spacial score (nSPS) is 10.2. The van der Waals surface area contributed by atoms with E-state index in [-0.39, 0.29) is 0 Å². The number of ether oxygens (including phenoxy) is 1. The van der Waals surface area contributed by atoms with E-state index in [0.717, 1.165) is 16.2 Å². The Bertz CT molecular complexity index is 760. The molecule has 0 saturated heterocycles. The number of methoxy groups -OCH3 is 1. The second kappa shape index (κ2) is 7.15. The van der Waals surface area contributed by atoms with Gasteiger partial charge in [0, 0.05) is 23.5 Å². The number of benzene rings is 1. The molecule has 0 saturated carbocycles. The predicted molar refractivity (Wildman–Crippen MR) is 97.1 cm³/mol. The minimum atomic E-state index is 0.481. The number of aromatic nitrogens is 2. The van der Waals surface area contributed by atoms with E-state index in [1.165, 1.54) is 24.3 Å². The summed E-state index contributed by atoms with van der Waals surface area (Å²) in [7, 11) is 1.57. The summed E-state index contributed by atoms with van der Waals surface area (Å²) < 4.78 is 5.37. The lowest BCUT2D eigenvalue weighted by atomic mass is 10.1. The van der Waals surface area contributed by atoms with Gasteiger partial charge in [-0.3, -0.25) is 0 Å². The van der Waals surface area contributed by atoms with Crippen molar-refractivity contribution in [1.29, 1.82) is 5.41 Å². The number of nitrogen functional groups attached to an aromatic ring is 1. The van der Waals surface area contributed by atoms with Gasteiger partial charge in [0.15, 0.2) is 0 Å². The number of rotatable bonds is 6.